The van der Waals surface area contributed by atoms with E-state index in [1.165, 1.54) is 30.4 Å². The third-order valence-corrected chi connectivity index (χ3v) is 4.71. The summed E-state index contributed by atoms with van der Waals surface area (Å²) in [6, 6.07) is 6.77. The molecule has 3 unspecified atom stereocenters. The molecule has 0 radical (unpaired) electrons. The molecule has 0 saturated heterocycles. The van der Waals surface area contributed by atoms with Gasteiger partial charge in [0.2, 0.25) is 0 Å². The number of nitrogens with two attached hydrogens (primary N) is 1. The summed E-state index contributed by atoms with van der Waals surface area (Å²) < 4.78 is 5.66. The summed E-state index contributed by atoms with van der Waals surface area (Å²) in [6.07, 6.45) is 6.23. The summed E-state index contributed by atoms with van der Waals surface area (Å²) in [5.74, 6) is 2.50. The fourth-order valence-corrected chi connectivity index (χ4v) is 3.54. The van der Waals surface area contributed by atoms with Gasteiger partial charge in [-0.1, -0.05) is 31.9 Å². The van der Waals surface area contributed by atoms with Crippen LogP contribution in [0.4, 0.5) is 0 Å². The van der Waals surface area contributed by atoms with Crippen molar-refractivity contribution in [2.45, 2.75) is 45.1 Å². The highest BCUT2D eigenvalue weighted by atomic mass is 16.5. The first kappa shape index (κ1) is 12.0. The van der Waals surface area contributed by atoms with Crippen LogP contribution in [0.25, 0.3) is 0 Å². The van der Waals surface area contributed by atoms with Crippen LogP contribution < -0.4 is 10.5 Å². The van der Waals surface area contributed by atoms with Crippen molar-refractivity contribution < 1.29 is 4.74 Å². The van der Waals surface area contributed by atoms with Crippen molar-refractivity contribution in [1.82, 2.24) is 0 Å². The largest absolute Gasteiger partial charge is 0.493 e. The highest BCUT2D eigenvalue weighted by Crippen LogP contribution is 2.39. The maximum Gasteiger partial charge on any atom is 0.122 e. The minimum Gasteiger partial charge on any atom is -0.493 e. The first-order valence-corrected chi connectivity index (χ1v) is 7.27. The fraction of sp³-hybridized carbons (Fsp3) is 0.625. The SMILES string of the molecule is CC1CCCC1C(N)c1ccc2c(c1)CCCO2. The van der Waals surface area contributed by atoms with Gasteiger partial charge in [0.05, 0.1) is 6.61 Å². The second kappa shape index (κ2) is 4.93. The number of benzene rings is 1. The van der Waals surface area contributed by atoms with Crippen LogP contribution >= 0.6 is 0 Å². The highest BCUT2D eigenvalue weighted by molar-refractivity contribution is 5.39. The Kier molecular flexibility index (Phi) is 3.29. The Morgan fingerprint density at radius 1 is 1.28 bits per heavy atom. The molecular formula is C16H23NO. The van der Waals surface area contributed by atoms with E-state index in [1.54, 1.807) is 0 Å². The van der Waals surface area contributed by atoms with Crippen molar-refractivity contribution in [2.24, 2.45) is 17.6 Å². The van der Waals surface area contributed by atoms with E-state index in [0.29, 0.717) is 5.92 Å². The van der Waals surface area contributed by atoms with Crippen LogP contribution in [0, 0.1) is 11.8 Å². The van der Waals surface area contributed by atoms with Gasteiger partial charge < -0.3 is 10.5 Å². The van der Waals surface area contributed by atoms with E-state index < -0.39 is 0 Å². The van der Waals surface area contributed by atoms with E-state index in [1.807, 2.05) is 0 Å². The van der Waals surface area contributed by atoms with Gasteiger partial charge in [0.15, 0.2) is 0 Å². The summed E-state index contributed by atoms with van der Waals surface area (Å²) in [5.41, 5.74) is 9.13. The topological polar surface area (TPSA) is 35.2 Å². The zero-order valence-corrected chi connectivity index (χ0v) is 11.2. The maximum atomic E-state index is 6.48. The Morgan fingerprint density at radius 2 is 2.17 bits per heavy atom. The molecule has 1 saturated carbocycles. The summed E-state index contributed by atoms with van der Waals surface area (Å²) in [5, 5.41) is 0. The van der Waals surface area contributed by atoms with Gasteiger partial charge >= 0.3 is 0 Å². The lowest BCUT2D eigenvalue weighted by Crippen LogP contribution is -2.23. The smallest absolute Gasteiger partial charge is 0.122 e. The Balaban J connectivity index is 1.83. The van der Waals surface area contributed by atoms with Crippen molar-refractivity contribution >= 4 is 0 Å². The van der Waals surface area contributed by atoms with E-state index in [0.717, 1.165) is 31.1 Å². The van der Waals surface area contributed by atoms with Crippen LogP contribution in [0.1, 0.15) is 49.8 Å². The molecule has 1 fully saturated rings. The second-order valence-corrected chi connectivity index (χ2v) is 5.92. The molecule has 3 rings (SSSR count). The van der Waals surface area contributed by atoms with Gasteiger partial charge in [-0.25, -0.2) is 0 Å². The van der Waals surface area contributed by atoms with Gasteiger partial charge in [0.1, 0.15) is 5.75 Å². The summed E-state index contributed by atoms with van der Waals surface area (Å²) in [7, 11) is 0. The number of aryl methyl sites for hydroxylation is 1. The Labute approximate surface area is 110 Å². The zero-order chi connectivity index (χ0) is 12.5. The number of hydrogen-bond acceptors (Lipinski definition) is 2. The molecular weight excluding hydrogens is 222 g/mol. The molecule has 0 bridgehead atoms. The fourth-order valence-electron chi connectivity index (χ4n) is 3.54. The zero-order valence-electron chi connectivity index (χ0n) is 11.2. The van der Waals surface area contributed by atoms with Crippen LogP contribution in [0.15, 0.2) is 18.2 Å². The molecule has 98 valence electrons. The number of hydrogen-bond donors (Lipinski definition) is 1. The van der Waals surface area contributed by atoms with E-state index in [2.05, 4.69) is 25.1 Å². The molecule has 1 aliphatic heterocycles. The van der Waals surface area contributed by atoms with Crippen LogP contribution in [-0.2, 0) is 6.42 Å². The second-order valence-electron chi connectivity index (χ2n) is 5.92. The summed E-state index contributed by atoms with van der Waals surface area (Å²) in [6.45, 7) is 3.21. The standard InChI is InChI=1S/C16H23NO/c1-11-4-2-6-14(11)16(17)13-7-8-15-12(10-13)5-3-9-18-15/h7-8,10-11,14,16H,2-6,9,17H2,1H3. The van der Waals surface area contributed by atoms with Gasteiger partial charge in [-0.3, -0.25) is 0 Å². The van der Waals surface area contributed by atoms with Gasteiger partial charge in [0.25, 0.3) is 0 Å². The molecule has 0 amide bonds. The monoisotopic (exact) mass is 245 g/mol. The molecule has 2 heteroatoms. The van der Waals surface area contributed by atoms with Crippen LogP contribution in [0.2, 0.25) is 0 Å². The van der Waals surface area contributed by atoms with Gasteiger partial charge in [0, 0.05) is 6.04 Å². The first-order chi connectivity index (χ1) is 8.75. The predicted octanol–water partition coefficient (Wildman–Crippen LogP) is 3.45. The summed E-state index contributed by atoms with van der Waals surface area (Å²) >= 11 is 0. The Bertz CT molecular complexity index is 429. The lowest BCUT2D eigenvalue weighted by molar-refractivity contribution is 0.287. The molecule has 1 heterocycles. The van der Waals surface area contributed by atoms with Crippen molar-refractivity contribution in [3.63, 3.8) is 0 Å². The van der Waals surface area contributed by atoms with Crippen molar-refractivity contribution in [3.8, 4) is 5.75 Å². The molecule has 2 aliphatic rings. The van der Waals surface area contributed by atoms with Crippen LogP contribution in [0.3, 0.4) is 0 Å². The number of ether oxygens (including phenoxy) is 1. The molecule has 18 heavy (non-hydrogen) atoms. The molecule has 1 aromatic carbocycles. The van der Waals surface area contributed by atoms with Gasteiger partial charge in [-0.15, -0.1) is 0 Å². The molecule has 0 aromatic heterocycles. The lowest BCUT2D eigenvalue weighted by atomic mass is 9.85. The normalized spacial score (nSPS) is 28.6. The molecule has 0 spiro atoms. The molecule has 2 N–H and O–H groups in total. The molecule has 1 aliphatic carbocycles. The van der Waals surface area contributed by atoms with Crippen molar-refractivity contribution in [2.75, 3.05) is 6.61 Å². The van der Waals surface area contributed by atoms with Crippen molar-refractivity contribution in [3.05, 3.63) is 29.3 Å². The van der Waals surface area contributed by atoms with Gasteiger partial charge in [-0.2, -0.15) is 0 Å². The maximum absolute atomic E-state index is 6.48. The third-order valence-electron chi connectivity index (χ3n) is 4.71. The quantitative estimate of drug-likeness (QED) is 0.866. The van der Waals surface area contributed by atoms with E-state index >= 15 is 0 Å². The average Bonchev–Trinajstić information content (AvgIpc) is 2.83. The predicted molar refractivity (Wildman–Crippen MR) is 73.7 cm³/mol. The first-order valence-electron chi connectivity index (χ1n) is 7.27. The Hall–Kier alpha value is -1.02. The average molecular weight is 245 g/mol. The number of fused-ring (bicyclic) bond motifs is 1. The van der Waals surface area contributed by atoms with Gasteiger partial charge in [-0.05, 0) is 48.3 Å². The van der Waals surface area contributed by atoms with Crippen LogP contribution in [-0.4, -0.2) is 6.61 Å². The minimum atomic E-state index is 0.203. The van der Waals surface area contributed by atoms with E-state index in [4.69, 9.17) is 10.5 Å². The van der Waals surface area contributed by atoms with Crippen LogP contribution in [0.5, 0.6) is 5.75 Å². The lowest BCUT2D eigenvalue weighted by Gasteiger charge is -2.25. The number of rotatable bonds is 2. The van der Waals surface area contributed by atoms with E-state index in [9.17, 15) is 0 Å². The van der Waals surface area contributed by atoms with E-state index in [-0.39, 0.29) is 6.04 Å². The highest BCUT2D eigenvalue weighted by Gasteiger charge is 2.29. The molecule has 2 nitrogen and oxygen atoms in total. The summed E-state index contributed by atoms with van der Waals surface area (Å²) in [4.78, 5) is 0. The third kappa shape index (κ3) is 2.14. The van der Waals surface area contributed by atoms with Crippen molar-refractivity contribution in [1.29, 1.82) is 0 Å². The molecule has 3 atom stereocenters. The molecule has 1 aromatic rings. The minimum absolute atomic E-state index is 0.203. The Morgan fingerprint density at radius 3 is 2.94 bits per heavy atom.